The van der Waals surface area contributed by atoms with Gasteiger partial charge in [0.2, 0.25) is 0 Å². The molecule has 0 heterocycles. The fraction of sp³-hybridized carbons (Fsp3) is 0.667. The lowest BCUT2D eigenvalue weighted by molar-refractivity contribution is 0.461. The van der Waals surface area contributed by atoms with Gasteiger partial charge in [0.15, 0.2) is 0 Å². The molecule has 0 radical (unpaired) electrons. The summed E-state index contributed by atoms with van der Waals surface area (Å²) in [6.45, 7) is 14.7. The maximum Gasteiger partial charge on any atom is 0.141 e. The second-order valence-electron chi connectivity index (χ2n) is 6.49. The van der Waals surface area contributed by atoms with Gasteiger partial charge in [0.1, 0.15) is 5.57 Å². The van der Waals surface area contributed by atoms with Gasteiger partial charge in [-0.1, -0.05) is 97.2 Å². The van der Waals surface area contributed by atoms with E-state index >= 15 is 0 Å². The van der Waals surface area contributed by atoms with E-state index in [9.17, 15) is 0 Å². The highest BCUT2D eigenvalue weighted by Crippen LogP contribution is 2.60. The Bertz CT molecular complexity index is 400. The molecular formula is C18H31ISi. The lowest BCUT2D eigenvalue weighted by Gasteiger charge is -2.53. The maximum atomic E-state index is 2.94. The Morgan fingerprint density at radius 2 is 1.35 bits per heavy atom. The van der Waals surface area contributed by atoms with Gasteiger partial charge in [0.25, 0.3) is 0 Å². The predicted octanol–water partition coefficient (Wildman–Crippen LogP) is 6.87. The van der Waals surface area contributed by atoms with Gasteiger partial charge >= 0.3 is 0 Å². The molecular weight excluding hydrogens is 371 g/mol. The number of hydrogen-bond donors (Lipinski definition) is 0. The average molecular weight is 402 g/mol. The zero-order valence-corrected chi connectivity index (χ0v) is 17.3. The van der Waals surface area contributed by atoms with Gasteiger partial charge < -0.3 is 0 Å². The van der Waals surface area contributed by atoms with Crippen LogP contribution in [-0.4, -0.2) is 5.57 Å². The standard InChI is InChI=1S/C18H31ISi/c1-7-18(8-2,9-3)20(19,10-4)17(5,6)16-14-12-11-13-15-16/h11-15H,7-10H2,1-6H3. The molecule has 2 heteroatoms. The van der Waals surface area contributed by atoms with Crippen LogP contribution in [0.15, 0.2) is 30.3 Å². The maximum absolute atomic E-state index is 2.94. The third-order valence-electron chi connectivity index (χ3n) is 5.84. The van der Waals surface area contributed by atoms with Crippen LogP contribution in [-0.2, 0) is 5.04 Å². The van der Waals surface area contributed by atoms with E-state index in [2.05, 4.69) is 93.7 Å². The first-order chi connectivity index (χ1) is 9.35. The minimum absolute atomic E-state index is 0.311. The highest BCUT2D eigenvalue weighted by atomic mass is 127. The van der Waals surface area contributed by atoms with Crippen LogP contribution in [0.2, 0.25) is 11.1 Å². The van der Waals surface area contributed by atoms with Crippen LogP contribution >= 0.6 is 21.8 Å². The normalized spacial score (nSPS) is 15.9. The Kier molecular flexibility index (Phi) is 6.33. The Balaban J connectivity index is 3.42. The molecule has 1 aromatic rings. The van der Waals surface area contributed by atoms with Gasteiger partial charge in [-0.15, -0.1) is 21.8 Å². The Hall–Kier alpha value is 0.167. The summed E-state index contributed by atoms with van der Waals surface area (Å²) in [5.74, 6) is 0. The molecule has 1 rings (SSSR count). The van der Waals surface area contributed by atoms with Gasteiger partial charge in [-0.2, -0.15) is 0 Å². The van der Waals surface area contributed by atoms with Crippen molar-refractivity contribution in [2.24, 2.45) is 0 Å². The molecule has 114 valence electrons. The molecule has 0 aliphatic carbocycles. The number of rotatable bonds is 7. The van der Waals surface area contributed by atoms with E-state index in [0.29, 0.717) is 10.1 Å². The molecule has 1 aromatic carbocycles. The van der Waals surface area contributed by atoms with Gasteiger partial charge in [0.05, 0.1) is 0 Å². The van der Waals surface area contributed by atoms with Crippen molar-refractivity contribution in [1.82, 2.24) is 0 Å². The second-order valence-corrected chi connectivity index (χ2v) is 16.6. The lowest BCUT2D eigenvalue weighted by Crippen LogP contribution is -2.56. The summed E-state index contributed by atoms with van der Waals surface area (Å²) in [4.78, 5) is 0. The third-order valence-corrected chi connectivity index (χ3v) is 21.6. The second kappa shape index (κ2) is 6.95. The summed E-state index contributed by atoms with van der Waals surface area (Å²) < 4.78 is 0. The molecule has 0 aromatic heterocycles. The first-order valence-corrected chi connectivity index (χ1v) is 13.4. The fourth-order valence-electron chi connectivity index (χ4n) is 4.15. The number of benzene rings is 1. The van der Waals surface area contributed by atoms with Gasteiger partial charge in [-0.25, -0.2) is 0 Å². The van der Waals surface area contributed by atoms with Crippen molar-refractivity contribution in [3.63, 3.8) is 0 Å². The Labute approximate surface area is 140 Å². The summed E-state index contributed by atoms with van der Waals surface area (Å²) in [6.07, 6.45) is 3.96. The predicted molar refractivity (Wildman–Crippen MR) is 103 cm³/mol. The van der Waals surface area contributed by atoms with Gasteiger partial charge in [0, 0.05) is 0 Å². The minimum Gasteiger partial charge on any atom is -0.117 e. The van der Waals surface area contributed by atoms with Crippen molar-refractivity contribution >= 4 is 27.4 Å². The monoisotopic (exact) mass is 402 g/mol. The van der Waals surface area contributed by atoms with Crippen LogP contribution in [0.5, 0.6) is 0 Å². The topological polar surface area (TPSA) is 0 Å². The van der Waals surface area contributed by atoms with Crippen LogP contribution in [0, 0.1) is 0 Å². The summed E-state index contributed by atoms with van der Waals surface area (Å²) >= 11 is 2.94. The minimum atomic E-state index is -1.50. The van der Waals surface area contributed by atoms with Crippen LogP contribution in [0.1, 0.15) is 66.4 Å². The van der Waals surface area contributed by atoms with E-state index in [0.717, 1.165) is 0 Å². The molecule has 0 saturated carbocycles. The molecule has 0 nitrogen and oxygen atoms in total. The molecule has 0 amide bonds. The fourth-order valence-corrected chi connectivity index (χ4v) is 13.8. The zero-order chi connectivity index (χ0) is 15.4. The van der Waals surface area contributed by atoms with Crippen molar-refractivity contribution in [1.29, 1.82) is 0 Å². The Morgan fingerprint density at radius 3 is 1.70 bits per heavy atom. The van der Waals surface area contributed by atoms with Crippen molar-refractivity contribution in [3.8, 4) is 0 Å². The number of halogens is 1. The molecule has 0 aliphatic rings. The summed E-state index contributed by atoms with van der Waals surface area (Å²) in [5.41, 5.74) is 0.0287. The summed E-state index contributed by atoms with van der Waals surface area (Å²) in [7, 11) is 0. The molecule has 1 unspecified atom stereocenters. The van der Waals surface area contributed by atoms with Gasteiger partial charge in [-0.05, 0) is 15.6 Å². The van der Waals surface area contributed by atoms with Crippen LogP contribution in [0.4, 0.5) is 0 Å². The van der Waals surface area contributed by atoms with E-state index in [-0.39, 0.29) is 0 Å². The van der Waals surface area contributed by atoms with Gasteiger partial charge in [-0.3, -0.25) is 0 Å². The summed E-state index contributed by atoms with van der Waals surface area (Å²) in [6, 6.07) is 12.6. The van der Waals surface area contributed by atoms with E-state index in [1.165, 1.54) is 30.9 Å². The Morgan fingerprint density at radius 1 is 0.900 bits per heavy atom. The molecule has 20 heavy (non-hydrogen) atoms. The third kappa shape index (κ3) is 2.74. The van der Waals surface area contributed by atoms with Crippen molar-refractivity contribution in [2.75, 3.05) is 0 Å². The molecule has 0 N–H and O–H groups in total. The zero-order valence-electron chi connectivity index (χ0n) is 14.1. The van der Waals surface area contributed by atoms with Crippen LogP contribution in [0.3, 0.4) is 0 Å². The highest BCUT2D eigenvalue weighted by Gasteiger charge is 2.56. The first kappa shape index (κ1) is 18.2. The highest BCUT2D eigenvalue weighted by molar-refractivity contribution is 14.1. The molecule has 0 saturated heterocycles. The van der Waals surface area contributed by atoms with Crippen molar-refractivity contribution in [3.05, 3.63) is 35.9 Å². The molecule has 0 spiro atoms. The number of hydrogen-bond acceptors (Lipinski definition) is 0. The average Bonchev–Trinajstić information content (AvgIpc) is 2.49. The largest absolute Gasteiger partial charge is 0.141 e. The van der Waals surface area contributed by atoms with E-state index in [4.69, 9.17) is 0 Å². The molecule has 0 aliphatic heterocycles. The van der Waals surface area contributed by atoms with E-state index in [1.54, 1.807) is 0 Å². The molecule has 0 fully saturated rings. The first-order valence-electron chi connectivity index (χ1n) is 8.09. The van der Waals surface area contributed by atoms with Crippen molar-refractivity contribution in [2.45, 2.75) is 76.9 Å². The summed E-state index contributed by atoms with van der Waals surface area (Å²) in [5, 5.41) is 0.854. The van der Waals surface area contributed by atoms with E-state index < -0.39 is 5.57 Å². The SMILES string of the molecule is CCC(CC)(CC)[Si](I)(CC)C(C)(C)c1ccccc1. The van der Waals surface area contributed by atoms with Crippen LogP contribution in [0.25, 0.3) is 0 Å². The van der Waals surface area contributed by atoms with Crippen LogP contribution < -0.4 is 0 Å². The molecule has 1 atom stereocenters. The molecule has 0 bridgehead atoms. The smallest absolute Gasteiger partial charge is 0.117 e. The lowest BCUT2D eigenvalue weighted by atomic mass is 9.98. The van der Waals surface area contributed by atoms with E-state index in [1.807, 2.05) is 0 Å². The quantitative estimate of drug-likeness (QED) is 0.265. The van der Waals surface area contributed by atoms with Crippen molar-refractivity contribution < 1.29 is 0 Å².